The van der Waals surface area contributed by atoms with E-state index in [-0.39, 0.29) is 0 Å². The Labute approximate surface area is 67.2 Å². The standard InChI is InChI=1S/C9H12N2/c1-4-6-7-9(11-3)8(10)5-2/h4-7,10H,1-2H2,3H3/b7-6-,10-8?,11-9?. The fraction of sp³-hybridized carbons (Fsp3) is 0.111. The SMILES string of the molecule is C=C/C=C\C(=NC)C(=N)C=C. The highest BCUT2D eigenvalue weighted by atomic mass is 14.7. The zero-order valence-electron chi connectivity index (χ0n) is 6.67. The quantitative estimate of drug-likeness (QED) is 0.467. The molecular formula is C9H12N2. The lowest BCUT2D eigenvalue weighted by molar-refractivity contribution is 1.44. The van der Waals surface area contributed by atoms with Crippen molar-refractivity contribution in [2.24, 2.45) is 4.99 Å². The fourth-order valence-corrected chi connectivity index (χ4v) is 0.549. The number of nitrogens with zero attached hydrogens (tertiary/aromatic N) is 1. The van der Waals surface area contributed by atoms with Crippen molar-refractivity contribution in [3.63, 3.8) is 0 Å². The third-order valence-electron chi connectivity index (χ3n) is 1.11. The lowest BCUT2D eigenvalue weighted by Gasteiger charge is -1.94. The molecule has 0 aromatic heterocycles. The van der Waals surface area contributed by atoms with Crippen molar-refractivity contribution in [1.29, 1.82) is 5.41 Å². The Morgan fingerprint density at radius 3 is 2.45 bits per heavy atom. The Hall–Kier alpha value is -1.44. The topological polar surface area (TPSA) is 36.2 Å². The van der Waals surface area contributed by atoms with Gasteiger partial charge in [0.05, 0.1) is 11.4 Å². The summed E-state index contributed by atoms with van der Waals surface area (Å²) in [7, 11) is 1.64. The number of nitrogens with one attached hydrogen (secondary N) is 1. The molecule has 0 radical (unpaired) electrons. The molecule has 0 aromatic carbocycles. The molecule has 0 fully saturated rings. The van der Waals surface area contributed by atoms with E-state index in [0.717, 1.165) is 0 Å². The maximum Gasteiger partial charge on any atom is 0.0819 e. The van der Waals surface area contributed by atoms with E-state index < -0.39 is 0 Å². The molecule has 0 saturated heterocycles. The highest BCUT2D eigenvalue weighted by Gasteiger charge is 1.94. The molecule has 0 bridgehead atoms. The van der Waals surface area contributed by atoms with E-state index in [9.17, 15) is 0 Å². The molecule has 0 aliphatic heterocycles. The Bertz CT molecular complexity index is 222. The minimum atomic E-state index is 0.325. The lowest BCUT2D eigenvalue weighted by atomic mass is 10.2. The molecule has 0 unspecified atom stereocenters. The van der Waals surface area contributed by atoms with Crippen molar-refractivity contribution in [2.45, 2.75) is 0 Å². The van der Waals surface area contributed by atoms with Crippen LogP contribution in [0.3, 0.4) is 0 Å². The maximum atomic E-state index is 7.34. The summed E-state index contributed by atoms with van der Waals surface area (Å²) in [4.78, 5) is 3.88. The van der Waals surface area contributed by atoms with Crippen LogP contribution < -0.4 is 0 Å². The Morgan fingerprint density at radius 2 is 2.09 bits per heavy atom. The molecule has 2 nitrogen and oxygen atoms in total. The van der Waals surface area contributed by atoms with E-state index >= 15 is 0 Å². The molecule has 0 rings (SSSR count). The van der Waals surface area contributed by atoms with E-state index in [1.807, 2.05) is 0 Å². The first-order valence-corrected chi connectivity index (χ1v) is 3.23. The first-order chi connectivity index (χ1) is 5.26. The lowest BCUT2D eigenvalue weighted by Crippen LogP contribution is -2.05. The van der Waals surface area contributed by atoms with E-state index in [0.29, 0.717) is 11.4 Å². The van der Waals surface area contributed by atoms with Crippen LogP contribution in [-0.2, 0) is 0 Å². The summed E-state index contributed by atoms with van der Waals surface area (Å²) >= 11 is 0. The predicted molar refractivity (Wildman–Crippen MR) is 50.6 cm³/mol. The Morgan fingerprint density at radius 1 is 1.45 bits per heavy atom. The average molecular weight is 148 g/mol. The van der Waals surface area contributed by atoms with Gasteiger partial charge in [-0.15, -0.1) is 0 Å². The highest BCUT2D eigenvalue weighted by molar-refractivity contribution is 6.49. The molecule has 2 heteroatoms. The molecule has 58 valence electrons. The summed E-state index contributed by atoms with van der Waals surface area (Å²) in [6.07, 6.45) is 6.55. The molecule has 0 aliphatic rings. The van der Waals surface area contributed by atoms with Crippen molar-refractivity contribution in [1.82, 2.24) is 0 Å². The second-order valence-corrected chi connectivity index (χ2v) is 1.82. The second-order valence-electron chi connectivity index (χ2n) is 1.82. The van der Waals surface area contributed by atoms with Crippen LogP contribution in [0.15, 0.2) is 42.5 Å². The summed E-state index contributed by atoms with van der Waals surface area (Å²) in [6, 6.07) is 0. The first kappa shape index (κ1) is 9.56. The minimum absolute atomic E-state index is 0.325. The Balaban J connectivity index is 4.43. The van der Waals surface area contributed by atoms with Gasteiger partial charge in [-0.05, 0) is 12.2 Å². The molecule has 0 atom stereocenters. The predicted octanol–water partition coefficient (Wildman–Crippen LogP) is 2.01. The summed E-state index contributed by atoms with van der Waals surface area (Å²) in [5.41, 5.74) is 0.936. The average Bonchev–Trinajstić information content (AvgIpc) is 2.05. The van der Waals surface area contributed by atoms with Crippen molar-refractivity contribution in [3.05, 3.63) is 37.5 Å². The molecule has 0 heterocycles. The van der Waals surface area contributed by atoms with Crippen molar-refractivity contribution in [3.8, 4) is 0 Å². The fourth-order valence-electron chi connectivity index (χ4n) is 0.549. The van der Waals surface area contributed by atoms with E-state index in [2.05, 4.69) is 18.2 Å². The van der Waals surface area contributed by atoms with E-state index in [1.54, 1.807) is 25.3 Å². The largest absolute Gasteiger partial charge is 0.299 e. The normalized spacial score (nSPS) is 11.5. The number of hydrogen-bond donors (Lipinski definition) is 1. The highest BCUT2D eigenvalue weighted by Crippen LogP contribution is 1.86. The van der Waals surface area contributed by atoms with Gasteiger partial charge in [0.25, 0.3) is 0 Å². The maximum absolute atomic E-state index is 7.34. The summed E-state index contributed by atoms with van der Waals surface area (Å²) in [5.74, 6) is 0. The van der Waals surface area contributed by atoms with Crippen LogP contribution in [-0.4, -0.2) is 18.5 Å². The second kappa shape index (κ2) is 5.35. The third-order valence-corrected chi connectivity index (χ3v) is 1.11. The number of allylic oxidation sites excluding steroid dienone is 4. The van der Waals surface area contributed by atoms with E-state index in [4.69, 9.17) is 5.41 Å². The molecule has 1 N–H and O–H groups in total. The minimum Gasteiger partial charge on any atom is -0.299 e. The zero-order valence-corrected chi connectivity index (χ0v) is 6.67. The van der Waals surface area contributed by atoms with Gasteiger partial charge in [0.15, 0.2) is 0 Å². The van der Waals surface area contributed by atoms with Gasteiger partial charge in [0.2, 0.25) is 0 Å². The van der Waals surface area contributed by atoms with Crippen molar-refractivity contribution >= 4 is 11.4 Å². The molecule has 11 heavy (non-hydrogen) atoms. The van der Waals surface area contributed by atoms with E-state index in [1.165, 1.54) is 6.08 Å². The van der Waals surface area contributed by atoms with Crippen molar-refractivity contribution in [2.75, 3.05) is 7.05 Å². The van der Waals surface area contributed by atoms with Gasteiger partial charge in [-0.1, -0.05) is 25.3 Å². The molecule has 0 aromatic rings. The summed E-state index contributed by atoms with van der Waals surface area (Å²) < 4.78 is 0. The zero-order chi connectivity index (χ0) is 8.69. The van der Waals surface area contributed by atoms with Gasteiger partial charge in [-0.2, -0.15) is 0 Å². The van der Waals surface area contributed by atoms with Gasteiger partial charge in [0.1, 0.15) is 0 Å². The van der Waals surface area contributed by atoms with Gasteiger partial charge in [-0.3, -0.25) is 10.4 Å². The van der Waals surface area contributed by atoms with Crippen LogP contribution >= 0.6 is 0 Å². The number of rotatable bonds is 4. The van der Waals surface area contributed by atoms with Crippen LogP contribution in [0.2, 0.25) is 0 Å². The molecular weight excluding hydrogens is 136 g/mol. The Kier molecular flexibility index (Phi) is 4.65. The monoisotopic (exact) mass is 148 g/mol. The molecule has 0 spiro atoms. The summed E-state index contributed by atoms with van der Waals surface area (Å²) in [6.45, 7) is 6.99. The molecule has 0 saturated carbocycles. The van der Waals surface area contributed by atoms with Crippen LogP contribution in [0.25, 0.3) is 0 Å². The molecule has 0 amide bonds. The van der Waals surface area contributed by atoms with Crippen molar-refractivity contribution < 1.29 is 0 Å². The van der Waals surface area contributed by atoms with Gasteiger partial charge >= 0.3 is 0 Å². The van der Waals surface area contributed by atoms with Crippen LogP contribution in [0.4, 0.5) is 0 Å². The van der Waals surface area contributed by atoms with Crippen LogP contribution in [0.1, 0.15) is 0 Å². The third kappa shape index (κ3) is 3.30. The van der Waals surface area contributed by atoms with Crippen LogP contribution in [0, 0.1) is 5.41 Å². The number of aliphatic imine (C=N–C) groups is 1. The first-order valence-electron chi connectivity index (χ1n) is 3.23. The van der Waals surface area contributed by atoms with Gasteiger partial charge in [-0.25, -0.2) is 0 Å². The van der Waals surface area contributed by atoms with Gasteiger partial charge in [0, 0.05) is 7.05 Å². The van der Waals surface area contributed by atoms with Gasteiger partial charge < -0.3 is 0 Å². The number of hydrogen-bond acceptors (Lipinski definition) is 2. The van der Waals surface area contributed by atoms with Crippen LogP contribution in [0.5, 0.6) is 0 Å². The summed E-state index contributed by atoms with van der Waals surface area (Å²) in [5, 5.41) is 7.34. The molecule has 0 aliphatic carbocycles. The smallest absolute Gasteiger partial charge is 0.0819 e.